The Balaban J connectivity index is 1.56. The molecular formula is C22H22ClN3O. The van der Waals surface area contributed by atoms with Crippen LogP contribution in [0.2, 0.25) is 5.02 Å². The first kappa shape index (κ1) is 17.8. The van der Waals surface area contributed by atoms with Crippen LogP contribution in [0.25, 0.3) is 0 Å². The first-order valence-corrected chi connectivity index (χ1v) is 9.64. The second-order valence-electron chi connectivity index (χ2n) is 7.00. The molecule has 2 heterocycles. The van der Waals surface area contributed by atoms with Gasteiger partial charge in [0.25, 0.3) is 5.91 Å². The van der Waals surface area contributed by atoms with Crippen molar-refractivity contribution in [2.45, 2.75) is 32.4 Å². The summed E-state index contributed by atoms with van der Waals surface area (Å²) in [5.74, 6) is 0.0595. The number of amides is 1. The van der Waals surface area contributed by atoms with Crippen molar-refractivity contribution < 1.29 is 4.79 Å². The Hall–Kier alpha value is -2.59. The predicted octanol–water partition coefficient (Wildman–Crippen LogP) is 4.87. The smallest absolute Gasteiger partial charge is 0.257 e. The van der Waals surface area contributed by atoms with E-state index < -0.39 is 0 Å². The molecule has 138 valence electrons. The second-order valence-corrected chi connectivity index (χ2v) is 7.43. The van der Waals surface area contributed by atoms with Gasteiger partial charge < -0.3 is 4.90 Å². The van der Waals surface area contributed by atoms with Crippen LogP contribution in [-0.2, 0) is 6.54 Å². The van der Waals surface area contributed by atoms with Gasteiger partial charge in [0.2, 0.25) is 0 Å². The minimum absolute atomic E-state index is 0.0595. The van der Waals surface area contributed by atoms with Crippen molar-refractivity contribution in [1.29, 1.82) is 0 Å². The lowest BCUT2D eigenvalue weighted by atomic mass is 10.0. The number of aromatic nitrogens is 2. The molecule has 1 aromatic heterocycles. The molecule has 0 saturated carbocycles. The van der Waals surface area contributed by atoms with Gasteiger partial charge in [0.05, 0.1) is 24.3 Å². The summed E-state index contributed by atoms with van der Waals surface area (Å²) in [5.41, 5.74) is 3.90. The molecule has 1 fully saturated rings. The van der Waals surface area contributed by atoms with Crippen LogP contribution >= 0.6 is 11.6 Å². The maximum atomic E-state index is 13.2. The highest BCUT2D eigenvalue weighted by Crippen LogP contribution is 2.34. The summed E-state index contributed by atoms with van der Waals surface area (Å²) in [5, 5.41) is 5.18. The van der Waals surface area contributed by atoms with E-state index in [0.717, 1.165) is 30.6 Å². The van der Waals surface area contributed by atoms with Gasteiger partial charge >= 0.3 is 0 Å². The molecular weight excluding hydrogens is 358 g/mol. The second kappa shape index (κ2) is 7.57. The highest BCUT2D eigenvalue weighted by molar-refractivity contribution is 6.30. The lowest BCUT2D eigenvalue weighted by Crippen LogP contribution is -2.30. The van der Waals surface area contributed by atoms with Gasteiger partial charge in [-0.3, -0.25) is 9.48 Å². The Morgan fingerprint density at radius 3 is 2.63 bits per heavy atom. The highest BCUT2D eigenvalue weighted by atomic mass is 35.5. The average Bonchev–Trinajstić information content (AvgIpc) is 3.31. The monoisotopic (exact) mass is 379 g/mol. The molecule has 0 N–H and O–H groups in total. The van der Waals surface area contributed by atoms with Gasteiger partial charge in [-0.15, -0.1) is 0 Å². The third-order valence-electron chi connectivity index (χ3n) is 5.28. The number of rotatable bonds is 4. The fraction of sp³-hybridized carbons (Fsp3) is 0.273. The Morgan fingerprint density at radius 1 is 1.15 bits per heavy atom. The zero-order valence-electron chi connectivity index (χ0n) is 15.3. The molecule has 2 aromatic carbocycles. The van der Waals surface area contributed by atoms with Gasteiger partial charge in [0, 0.05) is 17.3 Å². The van der Waals surface area contributed by atoms with Crippen LogP contribution in [0, 0.1) is 6.92 Å². The van der Waals surface area contributed by atoms with Crippen LogP contribution in [0.3, 0.4) is 0 Å². The number of likely N-dealkylation sites (tertiary alicyclic amines) is 1. The summed E-state index contributed by atoms with van der Waals surface area (Å²) >= 11 is 6.01. The van der Waals surface area contributed by atoms with E-state index in [1.54, 1.807) is 6.20 Å². The van der Waals surface area contributed by atoms with E-state index >= 15 is 0 Å². The molecule has 0 aliphatic carbocycles. The normalized spacial score (nSPS) is 16.7. The van der Waals surface area contributed by atoms with E-state index in [9.17, 15) is 4.79 Å². The quantitative estimate of drug-likeness (QED) is 0.648. The van der Waals surface area contributed by atoms with E-state index in [4.69, 9.17) is 11.6 Å². The van der Waals surface area contributed by atoms with E-state index in [0.29, 0.717) is 17.1 Å². The molecule has 0 spiro atoms. The van der Waals surface area contributed by atoms with Crippen LogP contribution in [-0.4, -0.2) is 27.1 Å². The van der Waals surface area contributed by atoms with Crippen molar-refractivity contribution in [3.8, 4) is 0 Å². The summed E-state index contributed by atoms with van der Waals surface area (Å²) in [4.78, 5) is 15.2. The lowest BCUT2D eigenvalue weighted by molar-refractivity contribution is 0.0735. The molecule has 1 amide bonds. The molecule has 4 rings (SSSR count). The van der Waals surface area contributed by atoms with Crippen LogP contribution in [0.5, 0.6) is 0 Å². The van der Waals surface area contributed by atoms with Crippen LogP contribution in [0.15, 0.2) is 60.8 Å². The van der Waals surface area contributed by atoms with Crippen molar-refractivity contribution in [2.24, 2.45) is 0 Å². The summed E-state index contributed by atoms with van der Waals surface area (Å²) < 4.78 is 1.90. The molecule has 1 saturated heterocycles. The number of benzene rings is 2. The SMILES string of the molecule is Cc1c(C(=O)N2CCCC2c2ccc(Cl)cc2)cnn1Cc1ccccc1. The minimum Gasteiger partial charge on any atom is -0.331 e. The predicted molar refractivity (Wildman–Crippen MR) is 107 cm³/mol. The van der Waals surface area contributed by atoms with Crippen LogP contribution in [0.1, 0.15) is 46.1 Å². The Bertz CT molecular complexity index is 934. The molecule has 1 aliphatic heterocycles. The molecule has 1 aliphatic rings. The molecule has 5 heteroatoms. The summed E-state index contributed by atoms with van der Waals surface area (Å²) in [6, 6.07) is 18.1. The average molecular weight is 380 g/mol. The fourth-order valence-corrected chi connectivity index (χ4v) is 3.89. The summed E-state index contributed by atoms with van der Waals surface area (Å²) in [6.45, 7) is 3.41. The Kier molecular flexibility index (Phi) is 4.99. The van der Waals surface area contributed by atoms with Gasteiger partial charge in [-0.1, -0.05) is 54.1 Å². The third kappa shape index (κ3) is 3.62. The van der Waals surface area contributed by atoms with Gasteiger partial charge in [-0.25, -0.2) is 0 Å². The number of carbonyl (C=O) groups excluding carboxylic acids is 1. The molecule has 1 atom stereocenters. The largest absolute Gasteiger partial charge is 0.331 e. The minimum atomic E-state index is 0.0595. The Morgan fingerprint density at radius 2 is 1.89 bits per heavy atom. The zero-order valence-corrected chi connectivity index (χ0v) is 16.1. The summed E-state index contributed by atoms with van der Waals surface area (Å²) in [7, 11) is 0. The van der Waals surface area contributed by atoms with Crippen LogP contribution in [0.4, 0.5) is 0 Å². The van der Waals surface area contributed by atoms with Crippen LogP contribution < -0.4 is 0 Å². The lowest BCUT2D eigenvalue weighted by Gasteiger charge is -2.25. The van der Waals surface area contributed by atoms with Crippen molar-refractivity contribution in [3.63, 3.8) is 0 Å². The van der Waals surface area contributed by atoms with Crippen molar-refractivity contribution in [3.05, 3.63) is 88.2 Å². The number of halogens is 1. The maximum Gasteiger partial charge on any atom is 0.257 e. The van der Waals surface area contributed by atoms with E-state index in [2.05, 4.69) is 17.2 Å². The van der Waals surface area contributed by atoms with E-state index in [1.807, 2.05) is 59.0 Å². The molecule has 1 unspecified atom stereocenters. The molecule has 4 nitrogen and oxygen atoms in total. The molecule has 27 heavy (non-hydrogen) atoms. The van der Waals surface area contributed by atoms with Gasteiger partial charge in [-0.2, -0.15) is 5.10 Å². The molecule has 3 aromatic rings. The first-order valence-electron chi connectivity index (χ1n) is 9.26. The third-order valence-corrected chi connectivity index (χ3v) is 5.53. The zero-order chi connectivity index (χ0) is 18.8. The van der Waals surface area contributed by atoms with Crippen molar-refractivity contribution in [2.75, 3.05) is 6.54 Å². The standard InChI is InChI=1S/C22H22ClN3O/c1-16-20(14-24-26(16)15-17-6-3-2-4-7-17)22(27)25-13-5-8-21(25)18-9-11-19(23)12-10-18/h2-4,6-7,9-12,14,21H,5,8,13,15H2,1H3. The van der Waals surface area contributed by atoms with Crippen molar-refractivity contribution in [1.82, 2.24) is 14.7 Å². The summed E-state index contributed by atoms with van der Waals surface area (Å²) in [6.07, 6.45) is 3.69. The van der Waals surface area contributed by atoms with Gasteiger partial charge in [0.1, 0.15) is 0 Å². The topological polar surface area (TPSA) is 38.1 Å². The van der Waals surface area contributed by atoms with E-state index in [1.165, 1.54) is 5.56 Å². The highest BCUT2D eigenvalue weighted by Gasteiger charge is 2.32. The van der Waals surface area contributed by atoms with E-state index in [-0.39, 0.29) is 11.9 Å². The maximum absolute atomic E-state index is 13.2. The molecule has 0 radical (unpaired) electrons. The van der Waals surface area contributed by atoms with Gasteiger partial charge in [0.15, 0.2) is 0 Å². The van der Waals surface area contributed by atoms with Crippen molar-refractivity contribution >= 4 is 17.5 Å². The number of hydrogen-bond donors (Lipinski definition) is 0. The van der Waals surface area contributed by atoms with Gasteiger partial charge in [-0.05, 0) is 43.0 Å². The Labute approximate surface area is 164 Å². The fourth-order valence-electron chi connectivity index (χ4n) is 3.77. The number of hydrogen-bond acceptors (Lipinski definition) is 2. The first-order chi connectivity index (χ1) is 13.1. The number of nitrogens with zero attached hydrogens (tertiary/aromatic N) is 3. The molecule has 0 bridgehead atoms. The number of carbonyl (C=O) groups is 1.